The van der Waals surface area contributed by atoms with Crippen molar-refractivity contribution in [2.75, 3.05) is 19.5 Å². The minimum Gasteiger partial charge on any atom is -0.465 e. The third kappa shape index (κ3) is 2.50. The summed E-state index contributed by atoms with van der Waals surface area (Å²) in [6, 6.07) is 22.7. The summed E-state index contributed by atoms with van der Waals surface area (Å²) in [6.07, 6.45) is 3.27. The summed E-state index contributed by atoms with van der Waals surface area (Å²) in [5.74, 6) is 0.580. The van der Waals surface area contributed by atoms with Crippen molar-refractivity contribution in [3.8, 4) is 0 Å². The Bertz CT molecular complexity index is 1560. The van der Waals surface area contributed by atoms with Gasteiger partial charge in [-0.1, -0.05) is 72.0 Å². The van der Waals surface area contributed by atoms with Crippen LogP contribution >= 0.6 is 11.3 Å². The lowest BCUT2D eigenvalue weighted by Crippen LogP contribution is -2.67. The molecule has 9 heteroatoms. The van der Waals surface area contributed by atoms with Gasteiger partial charge in [0.1, 0.15) is 10.3 Å². The van der Waals surface area contributed by atoms with E-state index in [9.17, 15) is 9.59 Å². The first-order valence-corrected chi connectivity index (χ1v) is 11.6. The fraction of sp³-hybridized carbons (Fsp3) is 0.160. The molecule has 34 heavy (non-hydrogen) atoms. The van der Waals surface area contributed by atoms with Crippen LogP contribution in [0.25, 0.3) is 6.08 Å². The first-order valence-electron chi connectivity index (χ1n) is 10.8. The van der Waals surface area contributed by atoms with Crippen molar-refractivity contribution in [1.82, 2.24) is 14.5 Å². The number of carbonyl (C=O) groups excluding carboxylic acids is 1. The van der Waals surface area contributed by atoms with Gasteiger partial charge in [-0.25, -0.2) is 9.79 Å². The molecule has 0 unspecified atom stereocenters. The van der Waals surface area contributed by atoms with E-state index in [1.165, 1.54) is 16.0 Å². The van der Waals surface area contributed by atoms with Crippen LogP contribution in [0.3, 0.4) is 0 Å². The summed E-state index contributed by atoms with van der Waals surface area (Å²) in [7, 11) is 3.48. The van der Waals surface area contributed by atoms with Gasteiger partial charge in [-0.15, -0.1) is 0 Å². The number of hydrogen-bond acceptors (Lipinski definition) is 6. The highest BCUT2D eigenvalue weighted by Crippen LogP contribution is 2.53. The molecule has 4 aromatic rings. The normalized spacial score (nSPS) is 23.9. The topological polar surface area (TPSA) is 83.1 Å². The minimum absolute atomic E-state index is 0.213. The molecule has 8 nitrogen and oxygen atoms in total. The molecular weight excluding hydrogens is 450 g/mol. The number of rotatable bonds is 3. The molecule has 0 bridgehead atoms. The second-order valence-corrected chi connectivity index (χ2v) is 9.30. The number of likely N-dealkylation sites (N-methyl/N-ethyl adjacent to an activating group) is 2. The van der Waals surface area contributed by atoms with Gasteiger partial charge in [0.05, 0.1) is 6.26 Å². The zero-order valence-corrected chi connectivity index (χ0v) is 19.3. The van der Waals surface area contributed by atoms with Gasteiger partial charge < -0.3 is 4.42 Å². The fourth-order valence-electron chi connectivity index (χ4n) is 5.02. The van der Waals surface area contributed by atoms with Crippen LogP contribution in [0.1, 0.15) is 16.9 Å². The van der Waals surface area contributed by atoms with Crippen LogP contribution < -0.4 is 20.3 Å². The SMILES string of the molecule is CN1C(=O)N(C)[C@]2(c3ccccc3)N=c3s/c(=C/c4ccco4)c(=O)n3N[C@]12c1ccccc1. The highest BCUT2D eigenvalue weighted by atomic mass is 32.1. The fourth-order valence-corrected chi connectivity index (χ4v) is 5.97. The van der Waals surface area contributed by atoms with E-state index in [2.05, 4.69) is 5.43 Å². The van der Waals surface area contributed by atoms with Crippen LogP contribution in [0, 0.1) is 0 Å². The van der Waals surface area contributed by atoms with Gasteiger partial charge in [-0.3, -0.25) is 20.0 Å². The number of carbonyl (C=O) groups is 1. The van der Waals surface area contributed by atoms with Gasteiger partial charge in [-0.2, -0.15) is 4.68 Å². The molecule has 2 aromatic carbocycles. The third-order valence-corrected chi connectivity index (χ3v) is 7.56. The van der Waals surface area contributed by atoms with Crippen LogP contribution in [0.4, 0.5) is 4.79 Å². The molecule has 0 radical (unpaired) electrons. The lowest BCUT2D eigenvalue weighted by molar-refractivity contribution is 0.0648. The van der Waals surface area contributed by atoms with Gasteiger partial charge in [-0.05, 0) is 12.1 Å². The van der Waals surface area contributed by atoms with Crippen molar-refractivity contribution in [2.24, 2.45) is 4.99 Å². The number of aromatic nitrogens is 1. The quantitative estimate of drug-likeness (QED) is 0.497. The largest absolute Gasteiger partial charge is 0.465 e. The molecule has 1 saturated heterocycles. The summed E-state index contributed by atoms with van der Waals surface area (Å²) >= 11 is 1.25. The Morgan fingerprint density at radius 2 is 1.59 bits per heavy atom. The van der Waals surface area contributed by atoms with Gasteiger partial charge >= 0.3 is 6.03 Å². The summed E-state index contributed by atoms with van der Waals surface area (Å²) in [4.78, 5) is 35.9. The van der Waals surface area contributed by atoms with Crippen LogP contribution in [0.2, 0.25) is 0 Å². The van der Waals surface area contributed by atoms with E-state index in [-0.39, 0.29) is 11.6 Å². The summed E-state index contributed by atoms with van der Waals surface area (Å²) < 4.78 is 7.33. The standard InChI is InChI=1S/C25H21N5O3S/c1-28-23(32)29(2)25(18-12-7-4-8-13-18)24(28,17-10-5-3-6-11-17)26-22-30(27-25)21(31)20(34-22)16-19-14-9-15-33-19/h3-16,27H,1-2H3/b20-16+/t24-,25+/m0/s1. The Hall–Kier alpha value is -4.11. The lowest BCUT2D eigenvalue weighted by Gasteiger charge is -2.49. The molecule has 0 aliphatic carbocycles. The van der Waals surface area contributed by atoms with Crippen LogP contribution in [-0.2, 0) is 11.3 Å². The second-order valence-electron chi connectivity index (χ2n) is 8.29. The summed E-state index contributed by atoms with van der Waals surface area (Å²) in [5.41, 5.74) is 2.48. The highest BCUT2D eigenvalue weighted by molar-refractivity contribution is 7.07. The highest BCUT2D eigenvalue weighted by Gasteiger charge is 2.69. The Morgan fingerprint density at radius 1 is 0.912 bits per heavy atom. The molecule has 2 aliphatic rings. The van der Waals surface area contributed by atoms with Crippen LogP contribution in [0.5, 0.6) is 0 Å². The van der Waals surface area contributed by atoms with Gasteiger partial charge in [0.15, 0.2) is 0 Å². The molecule has 6 rings (SSSR count). The Balaban J connectivity index is 1.74. The summed E-state index contributed by atoms with van der Waals surface area (Å²) in [5, 5.41) is 0. The molecule has 4 heterocycles. The number of fused-ring (bicyclic) bond motifs is 2. The van der Waals surface area contributed by atoms with E-state index >= 15 is 0 Å². The first kappa shape index (κ1) is 20.5. The Morgan fingerprint density at radius 3 is 2.24 bits per heavy atom. The third-order valence-electron chi connectivity index (χ3n) is 6.59. The second kappa shape index (κ2) is 7.19. The maximum absolute atomic E-state index is 13.5. The van der Waals surface area contributed by atoms with E-state index in [1.807, 2.05) is 60.7 Å². The smallest absolute Gasteiger partial charge is 0.324 e. The zero-order chi connectivity index (χ0) is 23.5. The molecule has 2 amide bonds. The van der Waals surface area contributed by atoms with Crippen molar-refractivity contribution in [3.05, 3.63) is 116 Å². The molecule has 0 spiro atoms. The van der Waals surface area contributed by atoms with Crippen molar-refractivity contribution in [1.29, 1.82) is 0 Å². The Kier molecular flexibility index (Phi) is 4.34. The Labute approximate surface area is 198 Å². The van der Waals surface area contributed by atoms with Crippen molar-refractivity contribution in [3.63, 3.8) is 0 Å². The van der Waals surface area contributed by atoms with E-state index in [0.29, 0.717) is 15.1 Å². The number of amides is 2. The van der Waals surface area contributed by atoms with Crippen molar-refractivity contribution >= 4 is 23.4 Å². The zero-order valence-electron chi connectivity index (χ0n) is 18.5. The number of nitrogens with one attached hydrogen (secondary N) is 1. The number of urea groups is 1. The van der Waals surface area contributed by atoms with Crippen LogP contribution in [0.15, 0.2) is 93.3 Å². The van der Waals surface area contributed by atoms with E-state index in [0.717, 1.165) is 11.1 Å². The average molecular weight is 472 g/mol. The van der Waals surface area contributed by atoms with Crippen molar-refractivity contribution < 1.29 is 9.21 Å². The first-order chi connectivity index (χ1) is 16.5. The predicted molar refractivity (Wildman–Crippen MR) is 128 cm³/mol. The molecule has 1 N–H and O–H groups in total. The molecule has 2 atom stereocenters. The maximum Gasteiger partial charge on any atom is 0.324 e. The lowest BCUT2D eigenvalue weighted by atomic mass is 9.80. The van der Waals surface area contributed by atoms with Gasteiger partial charge in [0, 0.05) is 31.3 Å². The number of furan rings is 1. The monoisotopic (exact) mass is 471 g/mol. The van der Waals surface area contributed by atoms with Crippen LogP contribution in [-0.4, -0.2) is 34.6 Å². The molecule has 2 aromatic heterocycles. The molecule has 2 aliphatic heterocycles. The summed E-state index contributed by atoms with van der Waals surface area (Å²) in [6.45, 7) is 0. The maximum atomic E-state index is 13.5. The molecule has 0 saturated carbocycles. The number of thiazole rings is 1. The molecule has 1 fully saturated rings. The predicted octanol–water partition coefficient (Wildman–Crippen LogP) is 2.21. The van der Waals surface area contributed by atoms with E-state index < -0.39 is 11.3 Å². The average Bonchev–Trinajstić information content (AvgIpc) is 3.54. The molecule has 170 valence electrons. The number of nitrogens with zero attached hydrogens (tertiary/aromatic N) is 4. The molecular formula is C25H21N5O3S. The number of hydrogen-bond donors (Lipinski definition) is 1. The van der Waals surface area contributed by atoms with E-state index in [4.69, 9.17) is 9.41 Å². The van der Waals surface area contributed by atoms with E-state index in [1.54, 1.807) is 48.4 Å². The van der Waals surface area contributed by atoms with Gasteiger partial charge in [0.25, 0.3) is 5.56 Å². The minimum atomic E-state index is -1.18. The van der Waals surface area contributed by atoms with Gasteiger partial charge in [0.2, 0.25) is 16.1 Å². The van der Waals surface area contributed by atoms with Crippen molar-refractivity contribution in [2.45, 2.75) is 11.3 Å². The number of benzene rings is 2.